The van der Waals surface area contributed by atoms with Gasteiger partial charge in [0.05, 0.1) is 29.7 Å². The van der Waals surface area contributed by atoms with Gasteiger partial charge in [0.1, 0.15) is 17.0 Å². The molecule has 0 fully saturated rings. The Hall–Kier alpha value is -3.64. The molecule has 0 saturated heterocycles. The number of para-hydroxylation sites is 1. The third-order valence-electron chi connectivity index (χ3n) is 5.74. The molecule has 1 amide bonds. The molecule has 4 aromatic rings. The fourth-order valence-electron chi connectivity index (χ4n) is 3.72. The Morgan fingerprint density at radius 3 is 2.30 bits per heavy atom. The third kappa shape index (κ3) is 4.34. The van der Waals surface area contributed by atoms with Gasteiger partial charge in [0.25, 0.3) is 5.56 Å². The van der Waals surface area contributed by atoms with E-state index in [0.717, 1.165) is 0 Å². The molecule has 1 heterocycles. The molecule has 0 aliphatic carbocycles. The maximum Gasteiger partial charge on any atom is 0.266 e. The second kappa shape index (κ2) is 9.46. The van der Waals surface area contributed by atoms with Gasteiger partial charge in [-0.3, -0.25) is 14.2 Å². The van der Waals surface area contributed by atoms with Gasteiger partial charge in [0.15, 0.2) is 0 Å². The Bertz CT molecular complexity index is 1340. The number of hydrogen-bond acceptors (Lipinski definition) is 4. The Morgan fingerprint density at radius 1 is 1.00 bits per heavy atom. The minimum absolute atomic E-state index is 0.209. The number of rotatable bonds is 6. The first-order valence-corrected chi connectivity index (χ1v) is 11.0. The Balaban J connectivity index is 1.81. The van der Waals surface area contributed by atoms with E-state index in [4.69, 9.17) is 21.3 Å². The van der Waals surface area contributed by atoms with Crippen molar-refractivity contribution in [1.29, 1.82) is 0 Å². The van der Waals surface area contributed by atoms with Crippen LogP contribution in [0.3, 0.4) is 0 Å². The normalized spacial score (nSPS) is 12.8. The minimum Gasteiger partial charge on any atom is -0.497 e. The maximum atomic E-state index is 13.5. The van der Waals surface area contributed by atoms with Crippen LogP contribution in [0.15, 0.2) is 83.7 Å². The summed E-state index contributed by atoms with van der Waals surface area (Å²) in [7, 11) is 3.26. The van der Waals surface area contributed by atoms with Crippen LogP contribution in [-0.2, 0) is 4.79 Å². The Morgan fingerprint density at radius 2 is 1.64 bits per heavy atom. The molecule has 0 aliphatic heterocycles. The van der Waals surface area contributed by atoms with Crippen LogP contribution in [0.5, 0.6) is 5.75 Å². The van der Waals surface area contributed by atoms with Gasteiger partial charge in [-0.1, -0.05) is 42.5 Å². The number of likely N-dealkylation sites (N-methyl/N-ethyl adjacent to an activating group) is 1. The van der Waals surface area contributed by atoms with Crippen LogP contribution in [0, 0.1) is 0 Å². The zero-order valence-electron chi connectivity index (χ0n) is 18.6. The molecule has 4 rings (SSSR count). The number of aromatic nitrogens is 2. The number of fused-ring (bicyclic) bond motifs is 1. The molecule has 0 radical (unpaired) electrons. The molecule has 0 saturated carbocycles. The van der Waals surface area contributed by atoms with Crippen molar-refractivity contribution in [1.82, 2.24) is 14.5 Å². The van der Waals surface area contributed by atoms with Crippen LogP contribution in [0.1, 0.15) is 29.7 Å². The van der Waals surface area contributed by atoms with Gasteiger partial charge in [0, 0.05) is 7.05 Å². The molecule has 168 valence electrons. The third-order valence-corrected chi connectivity index (χ3v) is 6.18. The highest BCUT2D eigenvalue weighted by atomic mass is 35.5. The van der Waals surface area contributed by atoms with Crippen molar-refractivity contribution in [3.05, 3.63) is 101 Å². The van der Waals surface area contributed by atoms with E-state index in [0.29, 0.717) is 33.7 Å². The quantitative estimate of drug-likeness (QED) is 0.383. The van der Waals surface area contributed by atoms with Crippen molar-refractivity contribution < 1.29 is 9.53 Å². The predicted molar refractivity (Wildman–Crippen MR) is 130 cm³/mol. The van der Waals surface area contributed by atoms with Crippen LogP contribution >= 0.6 is 11.6 Å². The number of carbonyl (C=O) groups excluding carboxylic acids is 1. The molecule has 0 spiro atoms. The predicted octanol–water partition coefficient (Wildman–Crippen LogP) is 4.89. The summed E-state index contributed by atoms with van der Waals surface area (Å²) in [6.07, 6.45) is 0. The van der Waals surface area contributed by atoms with E-state index in [1.165, 1.54) is 4.90 Å². The molecular weight excluding hydrogens is 438 g/mol. The van der Waals surface area contributed by atoms with Crippen molar-refractivity contribution in [3.8, 4) is 11.4 Å². The van der Waals surface area contributed by atoms with E-state index < -0.39 is 11.4 Å². The highest BCUT2D eigenvalue weighted by molar-refractivity contribution is 6.30. The molecular formula is C26H24ClN3O3. The van der Waals surface area contributed by atoms with Crippen molar-refractivity contribution in [2.45, 2.75) is 18.3 Å². The lowest BCUT2D eigenvalue weighted by atomic mass is 10.1. The first kappa shape index (κ1) is 22.6. The summed E-state index contributed by atoms with van der Waals surface area (Å²) < 4.78 is 6.79. The average Bonchev–Trinajstić information content (AvgIpc) is 2.87. The van der Waals surface area contributed by atoms with E-state index in [2.05, 4.69) is 0 Å². The summed E-state index contributed by atoms with van der Waals surface area (Å²) in [5.74, 6) is 0.839. The topological polar surface area (TPSA) is 64.4 Å². The van der Waals surface area contributed by atoms with Gasteiger partial charge in [-0.15, -0.1) is 11.6 Å². The molecule has 0 aliphatic rings. The van der Waals surface area contributed by atoms with E-state index in [-0.39, 0.29) is 11.5 Å². The zero-order chi connectivity index (χ0) is 23.5. The number of alkyl halides is 1. The summed E-state index contributed by atoms with van der Waals surface area (Å²) in [6, 6.07) is 23.0. The Labute approximate surface area is 197 Å². The van der Waals surface area contributed by atoms with Gasteiger partial charge in [-0.2, -0.15) is 0 Å². The minimum atomic E-state index is -0.847. The second-order valence-corrected chi connectivity index (χ2v) is 8.16. The highest BCUT2D eigenvalue weighted by Gasteiger charge is 2.28. The molecule has 1 aromatic heterocycles. The van der Waals surface area contributed by atoms with Crippen LogP contribution in [-0.4, -0.2) is 34.5 Å². The van der Waals surface area contributed by atoms with Gasteiger partial charge < -0.3 is 9.64 Å². The molecule has 0 N–H and O–H groups in total. The second-order valence-electron chi connectivity index (χ2n) is 7.72. The summed E-state index contributed by atoms with van der Waals surface area (Å²) in [5, 5.41) is -0.349. The van der Waals surface area contributed by atoms with E-state index in [1.54, 1.807) is 61.2 Å². The number of ether oxygens (including phenoxy) is 1. The van der Waals surface area contributed by atoms with Crippen LogP contribution in [0.2, 0.25) is 0 Å². The van der Waals surface area contributed by atoms with Crippen molar-refractivity contribution >= 4 is 28.4 Å². The van der Waals surface area contributed by atoms with Gasteiger partial charge >= 0.3 is 0 Å². The number of amides is 1. The molecule has 6 nitrogen and oxygen atoms in total. The summed E-state index contributed by atoms with van der Waals surface area (Å²) in [4.78, 5) is 33.0. The van der Waals surface area contributed by atoms with Crippen LogP contribution in [0.4, 0.5) is 0 Å². The van der Waals surface area contributed by atoms with Crippen LogP contribution < -0.4 is 10.3 Å². The van der Waals surface area contributed by atoms with E-state index in [1.807, 2.05) is 43.3 Å². The number of hydrogen-bond donors (Lipinski definition) is 0. The van der Waals surface area contributed by atoms with E-state index >= 15 is 0 Å². The molecule has 2 atom stereocenters. The lowest BCUT2D eigenvalue weighted by Crippen LogP contribution is -2.36. The maximum absolute atomic E-state index is 13.5. The first-order chi connectivity index (χ1) is 15.9. The molecule has 7 heteroatoms. The van der Waals surface area contributed by atoms with Gasteiger partial charge in [0.2, 0.25) is 5.91 Å². The largest absolute Gasteiger partial charge is 0.497 e. The van der Waals surface area contributed by atoms with E-state index in [9.17, 15) is 9.59 Å². The summed E-state index contributed by atoms with van der Waals surface area (Å²) in [6.45, 7) is 1.84. The Kier molecular flexibility index (Phi) is 6.47. The number of halogens is 1. The number of carbonyl (C=O) groups is 1. The zero-order valence-corrected chi connectivity index (χ0v) is 19.4. The fourth-order valence-corrected chi connectivity index (χ4v) is 4.02. The van der Waals surface area contributed by atoms with Crippen molar-refractivity contribution in [2.24, 2.45) is 0 Å². The van der Waals surface area contributed by atoms with Crippen LogP contribution in [0.25, 0.3) is 16.6 Å². The van der Waals surface area contributed by atoms with Crippen molar-refractivity contribution in [2.75, 3.05) is 14.2 Å². The van der Waals surface area contributed by atoms with Gasteiger partial charge in [-0.05, 0) is 48.9 Å². The molecule has 33 heavy (non-hydrogen) atoms. The molecule has 2 unspecified atom stereocenters. The average molecular weight is 462 g/mol. The lowest BCUT2D eigenvalue weighted by Gasteiger charge is -2.28. The number of nitrogens with zero attached hydrogens (tertiary/aromatic N) is 3. The number of methoxy groups -OCH3 is 1. The number of benzene rings is 3. The fraction of sp³-hybridized carbons (Fsp3) is 0.192. The summed E-state index contributed by atoms with van der Waals surface area (Å²) in [5.41, 5.74) is 1.70. The standard InChI is InChI=1S/C26H24ClN3O3/c1-17(29(2)26(32)23(27)18-9-5-4-6-10-18)24-28-22-12-8-7-11-21(22)25(31)30(24)19-13-15-20(33-3)16-14-19/h4-17,23H,1-3H3. The molecule has 0 bridgehead atoms. The lowest BCUT2D eigenvalue weighted by molar-refractivity contribution is -0.131. The van der Waals surface area contributed by atoms with Gasteiger partial charge in [-0.25, -0.2) is 4.98 Å². The smallest absolute Gasteiger partial charge is 0.266 e. The summed E-state index contributed by atoms with van der Waals surface area (Å²) >= 11 is 6.51. The first-order valence-electron chi connectivity index (χ1n) is 10.5. The monoisotopic (exact) mass is 461 g/mol. The SMILES string of the molecule is COc1ccc(-n2c(C(C)N(C)C(=O)C(Cl)c3ccccc3)nc3ccccc3c2=O)cc1. The highest BCUT2D eigenvalue weighted by Crippen LogP contribution is 2.28. The molecule has 3 aromatic carbocycles. The van der Waals surface area contributed by atoms with Crippen molar-refractivity contribution in [3.63, 3.8) is 0 Å².